The summed E-state index contributed by atoms with van der Waals surface area (Å²) in [6.07, 6.45) is 0. The number of hydrogen-bond acceptors (Lipinski definition) is 5. The maximum absolute atomic E-state index is 11.9. The Kier molecular flexibility index (Phi) is 4.65. The van der Waals surface area contributed by atoms with E-state index in [1.165, 1.54) is 6.92 Å². The van der Waals surface area contributed by atoms with Gasteiger partial charge in [-0.3, -0.25) is 14.5 Å². The van der Waals surface area contributed by atoms with Gasteiger partial charge in [-0.2, -0.15) is 0 Å². The smallest absolute Gasteiger partial charge is 0.325 e. The molecule has 0 aliphatic carbocycles. The normalized spacial score (nSPS) is 16.1. The summed E-state index contributed by atoms with van der Waals surface area (Å²) < 4.78 is 5.29. The summed E-state index contributed by atoms with van der Waals surface area (Å²) >= 11 is 0. The molecular weight excluding hydrogens is 244 g/mol. The molecule has 102 valence electrons. The third kappa shape index (κ3) is 3.87. The van der Waals surface area contributed by atoms with E-state index in [9.17, 15) is 9.59 Å². The van der Waals surface area contributed by atoms with E-state index in [1.807, 2.05) is 4.90 Å². The zero-order valence-corrected chi connectivity index (χ0v) is 11.0. The summed E-state index contributed by atoms with van der Waals surface area (Å²) in [5.74, 6) is -0.0868. The molecule has 5 heteroatoms. The van der Waals surface area contributed by atoms with E-state index in [0.717, 1.165) is 26.2 Å². The van der Waals surface area contributed by atoms with Gasteiger partial charge in [0, 0.05) is 26.2 Å². The van der Waals surface area contributed by atoms with E-state index in [0.29, 0.717) is 11.3 Å². The summed E-state index contributed by atoms with van der Waals surface area (Å²) in [6.45, 7) is 5.17. The van der Waals surface area contributed by atoms with Crippen molar-refractivity contribution in [3.05, 3.63) is 29.8 Å². The highest BCUT2D eigenvalue weighted by Gasteiger charge is 2.16. The highest BCUT2D eigenvalue weighted by molar-refractivity contribution is 5.97. The minimum atomic E-state index is -0.324. The standard InChI is InChI=1S/C14H18N2O3/c1-11(17)12-4-2-3-5-13(12)19-14(18)10-16-8-6-15-7-9-16/h2-5,15H,6-10H2,1H3. The largest absolute Gasteiger partial charge is 0.425 e. The number of esters is 1. The lowest BCUT2D eigenvalue weighted by Crippen LogP contribution is -2.46. The fourth-order valence-electron chi connectivity index (χ4n) is 2.05. The lowest BCUT2D eigenvalue weighted by Gasteiger charge is -2.26. The van der Waals surface area contributed by atoms with Crippen molar-refractivity contribution in [2.75, 3.05) is 32.7 Å². The van der Waals surface area contributed by atoms with Crippen molar-refractivity contribution in [1.82, 2.24) is 10.2 Å². The van der Waals surface area contributed by atoms with Crippen LogP contribution >= 0.6 is 0 Å². The highest BCUT2D eigenvalue weighted by atomic mass is 16.5. The van der Waals surface area contributed by atoms with E-state index in [1.54, 1.807) is 24.3 Å². The summed E-state index contributed by atoms with van der Waals surface area (Å²) in [4.78, 5) is 25.3. The average molecular weight is 262 g/mol. The third-order valence-corrected chi connectivity index (χ3v) is 3.05. The molecule has 0 atom stereocenters. The van der Waals surface area contributed by atoms with Crippen LogP contribution in [-0.4, -0.2) is 49.4 Å². The van der Waals surface area contributed by atoms with Gasteiger partial charge in [-0.1, -0.05) is 12.1 Å². The highest BCUT2D eigenvalue weighted by Crippen LogP contribution is 2.18. The molecule has 1 aromatic rings. The maximum atomic E-state index is 11.9. The molecule has 0 unspecified atom stereocenters. The first-order valence-electron chi connectivity index (χ1n) is 6.40. The molecule has 1 N–H and O–H groups in total. The Morgan fingerprint density at radius 3 is 2.63 bits per heavy atom. The molecule has 0 aromatic heterocycles. The number of para-hydroxylation sites is 1. The molecular formula is C14H18N2O3. The molecule has 1 aliphatic heterocycles. The van der Waals surface area contributed by atoms with E-state index < -0.39 is 0 Å². The van der Waals surface area contributed by atoms with Gasteiger partial charge in [0.2, 0.25) is 0 Å². The Morgan fingerprint density at radius 1 is 1.26 bits per heavy atom. The number of Topliss-reactive ketones (excluding diaryl/α,β-unsaturated/α-hetero) is 1. The van der Waals surface area contributed by atoms with Crippen molar-refractivity contribution in [3.8, 4) is 5.75 Å². The lowest BCUT2D eigenvalue weighted by molar-refractivity contribution is -0.135. The Bertz CT molecular complexity index is 468. The summed E-state index contributed by atoms with van der Waals surface area (Å²) in [5, 5.41) is 3.22. The van der Waals surface area contributed by atoms with Crippen LogP contribution in [0, 0.1) is 0 Å². The second-order valence-corrected chi connectivity index (χ2v) is 4.55. The minimum absolute atomic E-state index is 0.106. The summed E-state index contributed by atoms with van der Waals surface area (Å²) in [5.41, 5.74) is 0.441. The molecule has 1 saturated heterocycles. The monoisotopic (exact) mass is 262 g/mol. The van der Waals surface area contributed by atoms with Gasteiger partial charge in [-0.05, 0) is 19.1 Å². The van der Waals surface area contributed by atoms with Crippen LogP contribution in [-0.2, 0) is 4.79 Å². The van der Waals surface area contributed by atoms with Gasteiger partial charge in [-0.15, -0.1) is 0 Å². The summed E-state index contributed by atoms with van der Waals surface area (Å²) in [6, 6.07) is 6.81. The SMILES string of the molecule is CC(=O)c1ccccc1OC(=O)CN1CCNCC1. The van der Waals surface area contributed by atoms with Crippen molar-refractivity contribution in [3.63, 3.8) is 0 Å². The fraction of sp³-hybridized carbons (Fsp3) is 0.429. The third-order valence-electron chi connectivity index (χ3n) is 3.05. The van der Waals surface area contributed by atoms with Crippen molar-refractivity contribution < 1.29 is 14.3 Å². The molecule has 19 heavy (non-hydrogen) atoms. The number of piperazine rings is 1. The topological polar surface area (TPSA) is 58.6 Å². The van der Waals surface area contributed by atoms with E-state index in [4.69, 9.17) is 4.74 Å². The van der Waals surface area contributed by atoms with Crippen LogP contribution in [0.15, 0.2) is 24.3 Å². The number of carbonyl (C=O) groups excluding carboxylic acids is 2. The molecule has 0 saturated carbocycles. The van der Waals surface area contributed by atoms with Crippen LogP contribution in [0.2, 0.25) is 0 Å². The molecule has 1 heterocycles. The molecule has 0 amide bonds. The van der Waals surface area contributed by atoms with E-state index in [-0.39, 0.29) is 18.3 Å². The van der Waals surface area contributed by atoms with Gasteiger partial charge in [0.05, 0.1) is 12.1 Å². The Hall–Kier alpha value is -1.72. The van der Waals surface area contributed by atoms with Gasteiger partial charge in [0.25, 0.3) is 0 Å². The number of benzene rings is 1. The van der Waals surface area contributed by atoms with Gasteiger partial charge in [0.15, 0.2) is 5.78 Å². The van der Waals surface area contributed by atoms with Crippen LogP contribution in [0.25, 0.3) is 0 Å². The number of hydrogen-bond donors (Lipinski definition) is 1. The molecule has 0 bridgehead atoms. The second kappa shape index (κ2) is 6.45. The first-order chi connectivity index (χ1) is 9.16. The van der Waals surface area contributed by atoms with E-state index in [2.05, 4.69) is 5.32 Å². The van der Waals surface area contributed by atoms with Crippen molar-refractivity contribution >= 4 is 11.8 Å². The first kappa shape index (κ1) is 13.7. The van der Waals surface area contributed by atoms with Crippen LogP contribution < -0.4 is 10.1 Å². The Balaban J connectivity index is 1.96. The van der Waals surface area contributed by atoms with E-state index >= 15 is 0 Å². The van der Waals surface area contributed by atoms with Gasteiger partial charge < -0.3 is 10.1 Å². The lowest BCUT2D eigenvalue weighted by atomic mass is 10.1. The zero-order valence-electron chi connectivity index (χ0n) is 11.0. The molecule has 1 fully saturated rings. The van der Waals surface area contributed by atoms with Crippen LogP contribution in [0.3, 0.4) is 0 Å². The van der Waals surface area contributed by atoms with Gasteiger partial charge >= 0.3 is 5.97 Å². The molecule has 5 nitrogen and oxygen atoms in total. The second-order valence-electron chi connectivity index (χ2n) is 4.55. The number of nitrogens with zero attached hydrogens (tertiary/aromatic N) is 1. The molecule has 1 aromatic carbocycles. The Morgan fingerprint density at radius 2 is 1.95 bits per heavy atom. The first-order valence-corrected chi connectivity index (χ1v) is 6.40. The van der Waals surface area contributed by atoms with Gasteiger partial charge in [-0.25, -0.2) is 0 Å². The van der Waals surface area contributed by atoms with Crippen molar-refractivity contribution in [2.24, 2.45) is 0 Å². The maximum Gasteiger partial charge on any atom is 0.325 e. The van der Waals surface area contributed by atoms with Crippen molar-refractivity contribution in [1.29, 1.82) is 0 Å². The van der Waals surface area contributed by atoms with Crippen LogP contribution in [0.5, 0.6) is 5.75 Å². The fourth-order valence-corrected chi connectivity index (χ4v) is 2.05. The van der Waals surface area contributed by atoms with Crippen LogP contribution in [0.4, 0.5) is 0 Å². The number of nitrogens with one attached hydrogen (secondary N) is 1. The molecule has 1 aliphatic rings. The predicted molar refractivity (Wildman–Crippen MR) is 71.4 cm³/mol. The molecule has 0 spiro atoms. The Labute approximate surface area is 112 Å². The zero-order chi connectivity index (χ0) is 13.7. The summed E-state index contributed by atoms with van der Waals surface area (Å²) in [7, 11) is 0. The van der Waals surface area contributed by atoms with Crippen molar-refractivity contribution in [2.45, 2.75) is 6.92 Å². The van der Waals surface area contributed by atoms with Crippen LogP contribution in [0.1, 0.15) is 17.3 Å². The molecule has 0 radical (unpaired) electrons. The minimum Gasteiger partial charge on any atom is -0.425 e. The quantitative estimate of drug-likeness (QED) is 0.492. The number of ether oxygens (including phenoxy) is 1. The number of carbonyl (C=O) groups is 2. The number of ketones is 1. The average Bonchev–Trinajstić information content (AvgIpc) is 2.40. The predicted octanol–water partition coefficient (Wildman–Crippen LogP) is 0.700. The molecule has 2 rings (SSSR count). The van der Waals surface area contributed by atoms with Gasteiger partial charge in [0.1, 0.15) is 5.75 Å². The number of rotatable bonds is 4.